The van der Waals surface area contributed by atoms with Crippen molar-refractivity contribution in [1.82, 2.24) is 0 Å². The molecule has 0 saturated carbocycles. The van der Waals surface area contributed by atoms with E-state index in [0.29, 0.717) is 0 Å². The van der Waals surface area contributed by atoms with Gasteiger partial charge in [0.1, 0.15) is 0 Å². The highest BCUT2D eigenvalue weighted by Gasteiger charge is 2.09. The molecule has 0 nitrogen and oxygen atoms in total. The van der Waals surface area contributed by atoms with E-state index < -0.39 is 0 Å². The highest BCUT2D eigenvalue weighted by atomic mass is 14.1. The molecular formula is C15H19. The third-order valence-electron chi connectivity index (χ3n) is 3.08. The van der Waals surface area contributed by atoms with Gasteiger partial charge in [-0.2, -0.15) is 0 Å². The Hall–Kier alpha value is -1.04. The Morgan fingerprint density at radius 3 is 2.87 bits per heavy atom. The highest BCUT2D eigenvalue weighted by molar-refractivity contribution is 5.16. The molecule has 0 aliphatic heterocycles. The van der Waals surface area contributed by atoms with Crippen LogP contribution < -0.4 is 0 Å². The van der Waals surface area contributed by atoms with Crippen LogP contribution in [0.3, 0.4) is 0 Å². The molecule has 1 aliphatic rings. The van der Waals surface area contributed by atoms with E-state index in [0.717, 1.165) is 12.3 Å². The van der Waals surface area contributed by atoms with E-state index in [1.165, 1.54) is 31.2 Å². The highest BCUT2D eigenvalue weighted by Crippen LogP contribution is 2.22. The van der Waals surface area contributed by atoms with Crippen molar-refractivity contribution in [3.05, 3.63) is 54.5 Å². The van der Waals surface area contributed by atoms with Gasteiger partial charge in [-0.1, -0.05) is 42.5 Å². The SMILES string of the molecule is [CH](Cc1ccccc1)C1CC=CCCC1. The van der Waals surface area contributed by atoms with Crippen molar-refractivity contribution in [3.8, 4) is 0 Å². The molecule has 1 aromatic carbocycles. The minimum Gasteiger partial charge on any atom is -0.0885 e. The van der Waals surface area contributed by atoms with Gasteiger partial charge in [-0.25, -0.2) is 0 Å². The smallest absolute Gasteiger partial charge is 0.0245 e. The second kappa shape index (κ2) is 5.75. The maximum Gasteiger partial charge on any atom is -0.0245 e. The van der Waals surface area contributed by atoms with Gasteiger partial charge in [0, 0.05) is 0 Å². The summed E-state index contributed by atoms with van der Waals surface area (Å²) in [6.07, 6.45) is 13.5. The average Bonchev–Trinajstić information content (AvgIpc) is 2.56. The van der Waals surface area contributed by atoms with Crippen LogP contribution in [0, 0.1) is 12.3 Å². The predicted molar refractivity (Wildman–Crippen MR) is 65.5 cm³/mol. The van der Waals surface area contributed by atoms with Crippen molar-refractivity contribution >= 4 is 0 Å². The molecule has 1 atom stereocenters. The summed E-state index contributed by atoms with van der Waals surface area (Å²) in [6, 6.07) is 10.7. The van der Waals surface area contributed by atoms with Crippen molar-refractivity contribution in [2.75, 3.05) is 0 Å². The monoisotopic (exact) mass is 199 g/mol. The largest absolute Gasteiger partial charge is 0.0885 e. The van der Waals surface area contributed by atoms with Crippen LogP contribution in [0.1, 0.15) is 31.2 Å². The van der Waals surface area contributed by atoms with Gasteiger partial charge >= 0.3 is 0 Å². The summed E-state index contributed by atoms with van der Waals surface area (Å²) in [5.41, 5.74) is 1.44. The molecule has 1 unspecified atom stereocenters. The fourth-order valence-corrected chi connectivity index (χ4v) is 2.14. The summed E-state index contributed by atoms with van der Waals surface area (Å²) >= 11 is 0. The van der Waals surface area contributed by atoms with E-state index in [9.17, 15) is 0 Å². The fraction of sp³-hybridized carbons (Fsp3) is 0.400. The van der Waals surface area contributed by atoms with Crippen LogP contribution in [-0.4, -0.2) is 0 Å². The van der Waals surface area contributed by atoms with Crippen molar-refractivity contribution in [1.29, 1.82) is 0 Å². The molecule has 1 radical (unpaired) electrons. The molecule has 0 bridgehead atoms. The van der Waals surface area contributed by atoms with Gasteiger partial charge in [-0.15, -0.1) is 0 Å². The molecule has 0 heterocycles. The molecule has 79 valence electrons. The first-order chi connectivity index (χ1) is 7.45. The number of benzene rings is 1. The van der Waals surface area contributed by atoms with Crippen molar-refractivity contribution in [2.24, 2.45) is 5.92 Å². The van der Waals surface area contributed by atoms with Crippen LogP contribution in [-0.2, 0) is 6.42 Å². The normalized spacial score (nSPS) is 21.2. The minimum absolute atomic E-state index is 0.795. The third-order valence-corrected chi connectivity index (χ3v) is 3.08. The van der Waals surface area contributed by atoms with Crippen molar-refractivity contribution in [3.63, 3.8) is 0 Å². The van der Waals surface area contributed by atoms with Crippen molar-refractivity contribution < 1.29 is 0 Å². The summed E-state index contributed by atoms with van der Waals surface area (Å²) in [5.74, 6) is 0.795. The van der Waals surface area contributed by atoms with E-state index in [2.05, 4.69) is 48.9 Å². The molecule has 2 rings (SSSR count). The summed E-state index contributed by atoms with van der Waals surface area (Å²) < 4.78 is 0. The van der Waals surface area contributed by atoms with E-state index in [-0.39, 0.29) is 0 Å². The summed E-state index contributed by atoms with van der Waals surface area (Å²) in [6.45, 7) is 0. The van der Waals surface area contributed by atoms with E-state index in [1.54, 1.807) is 0 Å². The molecular weight excluding hydrogens is 180 g/mol. The number of rotatable bonds is 3. The van der Waals surface area contributed by atoms with Gasteiger partial charge in [0.15, 0.2) is 0 Å². The maximum atomic E-state index is 2.49. The maximum absolute atomic E-state index is 2.49. The van der Waals surface area contributed by atoms with Crippen LogP contribution in [0.25, 0.3) is 0 Å². The predicted octanol–water partition coefficient (Wildman–Crippen LogP) is 4.18. The molecule has 0 amide bonds. The topological polar surface area (TPSA) is 0 Å². The Morgan fingerprint density at radius 2 is 2.00 bits per heavy atom. The number of hydrogen-bond donors (Lipinski definition) is 0. The minimum atomic E-state index is 0.795. The zero-order chi connectivity index (χ0) is 10.3. The number of allylic oxidation sites excluding steroid dienone is 2. The molecule has 1 aromatic rings. The Kier molecular flexibility index (Phi) is 4.01. The van der Waals surface area contributed by atoms with Gasteiger partial charge < -0.3 is 0 Å². The van der Waals surface area contributed by atoms with Gasteiger partial charge in [-0.3, -0.25) is 0 Å². The Balaban J connectivity index is 1.80. The fourth-order valence-electron chi connectivity index (χ4n) is 2.14. The second-order valence-electron chi connectivity index (χ2n) is 4.32. The van der Waals surface area contributed by atoms with Crippen LogP contribution in [0.15, 0.2) is 42.5 Å². The molecule has 15 heavy (non-hydrogen) atoms. The Labute approximate surface area is 93.0 Å². The van der Waals surface area contributed by atoms with Crippen LogP contribution in [0.5, 0.6) is 0 Å². The van der Waals surface area contributed by atoms with E-state index >= 15 is 0 Å². The van der Waals surface area contributed by atoms with Gasteiger partial charge in [0.25, 0.3) is 0 Å². The van der Waals surface area contributed by atoms with E-state index in [1.807, 2.05) is 0 Å². The lowest BCUT2D eigenvalue weighted by atomic mass is 9.93. The lowest BCUT2D eigenvalue weighted by molar-refractivity contribution is 0.541. The summed E-state index contributed by atoms with van der Waals surface area (Å²) in [5, 5.41) is 0. The van der Waals surface area contributed by atoms with Crippen LogP contribution >= 0.6 is 0 Å². The first-order valence-corrected chi connectivity index (χ1v) is 5.97. The molecule has 1 aliphatic carbocycles. The zero-order valence-corrected chi connectivity index (χ0v) is 9.23. The quantitative estimate of drug-likeness (QED) is 0.641. The van der Waals surface area contributed by atoms with Crippen LogP contribution in [0.4, 0.5) is 0 Å². The zero-order valence-electron chi connectivity index (χ0n) is 9.23. The van der Waals surface area contributed by atoms with Gasteiger partial charge in [0.05, 0.1) is 0 Å². The first-order valence-electron chi connectivity index (χ1n) is 5.97. The number of hydrogen-bond acceptors (Lipinski definition) is 0. The molecule has 0 N–H and O–H groups in total. The standard InChI is InChI=1S/C15H19/c1-2-5-9-14(8-4-1)12-13-15-10-6-3-7-11-15/h1,3-4,6-7,10-12,14H,2,5,8-9,13H2. The Bertz CT molecular complexity index is 297. The molecule has 0 heteroatoms. The second-order valence-corrected chi connectivity index (χ2v) is 4.32. The molecule has 0 spiro atoms. The summed E-state index contributed by atoms with van der Waals surface area (Å²) in [7, 11) is 0. The van der Waals surface area contributed by atoms with Crippen LogP contribution in [0.2, 0.25) is 0 Å². The molecule has 0 aromatic heterocycles. The molecule has 0 saturated heterocycles. The van der Waals surface area contributed by atoms with Gasteiger partial charge in [0.2, 0.25) is 0 Å². The Morgan fingerprint density at radius 1 is 1.13 bits per heavy atom. The van der Waals surface area contributed by atoms with E-state index in [4.69, 9.17) is 0 Å². The van der Waals surface area contributed by atoms with Crippen molar-refractivity contribution in [2.45, 2.75) is 32.1 Å². The average molecular weight is 199 g/mol. The lowest BCUT2D eigenvalue weighted by Crippen LogP contribution is -2.01. The molecule has 0 fully saturated rings. The van der Waals surface area contributed by atoms with Gasteiger partial charge in [-0.05, 0) is 50.0 Å². The summed E-state index contributed by atoms with van der Waals surface area (Å²) in [4.78, 5) is 0. The lowest BCUT2D eigenvalue weighted by Gasteiger charge is -2.12. The third kappa shape index (κ3) is 3.54. The first kappa shape index (κ1) is 10.5.